The molecule has 1 atom stereocenters. The fourth-order valence-corrected chi connectivity index (χ4v) is 3.51. The van der Waals surface area contributed by atoms with Gasteiger partial charge in [-0.3, -0.25) is 4.79 Å². The van der Waals surface area contributed by atoms with Gasteiger partial charge in [-0.2, -0.15) is 0 Å². The first-order chi connectivity index (χ1) is 12.1. The molecule has 0 aliphatic rings. The molecule has 0 fully saturated rings. The van der Waals surface area contributed by atoms with Crippen molar-refractivity contribution in [3.8, 4) is 11.5 Å². The minimum atomic E-state index is -0.576. The number of likely N-dealkylation sites (N-methyl/N-ethyl adjacent to an activating group) is 1. The number of hydrogen-bond acceptors (Lipinski definition) is 5. The second-order valence-electron chi connectivity index (χ2n) is 5.71. The van der Waals surface area contributed by atoms with Crippen molar-refractivity contribution in [3.05, 3.63) is 53.5 Å². The van der Waals surface area contributed by atoms with Crippen LogP contribution in [0.5, 0.6) is 11.5 Å². The van der Waals surface area contributed by atoms with Crippen LogP contribution in [0.2, 0.25) is 0 Å². The minimum Gasteiger partial charge on any atom is -0.497 e. The molecule has 0 spiro atoms. The molecule has 0 bridgehead atoms. The molecule has 0 saturated carbocycles. The zero-order valence-electron chi connectivity index (χ0n) is 14.4. The maximum Gasteiger partial charge on any atom is 0.263 e. The van der Waals surface area contributed by atoms with E-state index in [9.17, 15) is 4.79 Å². The van der Waals surface area contributed by atoms with Crippen LogP contribution >= 0.6 is 11.3 Å². The SMILES string of the molecule is COc1ccc(OC(C)C(=O)N(C)Cc2nc3ccccc3s2)cc1. The average Bonchev–Trinajstić information content (AvgIpc) is 3.03. The summed E-state index contributed by atoms with van der Waals surface area (Å²) in [5, 5.41) is 0.911. The molecule has 25 heavy (non-hydrogen) atoms. The van der Waals surface area contributed by atoms with Gasteiger partial charge in [-0.15, -0.1) is 11.3 Å². The average molecular weight is 356 g/mol. The third-order valence-electron chi connectivity index (χ3n) is 3.81. The summed E-state index contributed by atoms with van der Waals surface area (Å²) >= 11 is 1.60. The molecule has 130 valence electrons. The predicted octanol–water partition coefficient (Wildman–Crippen LogP) is 3.73. The standard InChI is InChI=1S/C19H20N2O3S/c1-13(24-15-10-8-14(23-3)9-11-15)19(22)21(2)12-18-20-16-6-4-5-7-17(16)25-18/h4-11,13H,12H2,1-3H3. The maximum absolute atomic E-state index is 12.5. The van der Waals surface area contributed by atoms with E-state index in [4.69, 9.17) is 9.47 Å². The molecule has 1 amide bonds. The Morgan fingerprint density at radius 1 is 1.16 bits per heavy atom. The van der Waals surface area contributed by atoms with Gasteiger partial charge in [0, 0.05) is 7.05 Å². The summed E-state index contributed by atoms with van der Waals surface area (Å²) in [7, 11) is 3.38. The van der Waals surface area contributed by atoms with Gasteiger partial charge in [-0.1, -0.05) is 12.1 Å². The van der Waals surface area contributed by atoms with Gasteiger partial charge in [0.1, 0.15) is 16.5 Å². The Labute approximate surface area is 150 Å². The highest BCUT2D eigenvalue weighted by atomic mass is 32.1. The third-order valence-corrected chi connectivity index (χ3v) is 4.83. The fourth-order valence-electron chi connectivity index (χ4n) is 2.49. The molecule has 5 nitrogen and oxygen atoms in total. The first-order valence-corrected chi connectivity index (χ1v) is 8.78. The highest BCUT2D eigenvalue weighted by Crippen LogP contribution is 2.23. The van der Waals surface area contributed by atoms with Crippen LogP contribution in [0, 0.1) is 0 Å². The van der Waals surface area contributed by atoms with E-state index in [1.807, 2.05) is 24.3 Å². The molecular weight excluding hydrogens is 336 g/mol. The molecule has 0 saturated heterocycles. The fraction of sp³-hybridized carbons (Fsp3) is 0.263. The monoisotopic (exact) mass is 356 g/mol. The molecule has 6 heteroatoms. The highest BCUT2D eigenvalue weighted by Gasteiger charge is 2.20. The van der Waals surface area contributed by atoms with E-state index in [0.717, 1.165) is 21.0 Å². The molecule has 1 heterocycles. The number of benzene rings is 2. The zero-order chi connectivity index (χ0) is 17.8. The molecule has 0 N–H and O–H groups in total. The highest BCUT2D eigenvalue weighted by molar-refractivity contribution is 7.18. The quantitative estimate of drug-likeness (QED) is 0.675. The minimum absolute atomic E-state index is 0.0879. The number of nitrogens with zero attached hydrogens (tertiary/aromatic N) is 2. The largest absolute Gasteiger partial charge is 0.497 e. The summed E-state index contributed by atoms with van der Waals surface area (Å²) in [6.45, 7) is 2.22. The van der Waals surface area contributed by atoms with E-state index in [1.165, 1.54) is 0 Å². The summed E-state index contributed by atoms with van der Waals surface area (Å²) in [6, 6.07) is 15.1. The Bertz CT molecular complexity index is 827. The molecule has 2 aromatic carbocycles. The molecule has 0 aliphatic carbocycles. The van der Waals surface area contributed by atoms with Gasteiger partial charge in [0.15, 0.2) is 6.10 Å². The summed E-state index contributed by atoms with van der Waals surface area (Å²) in [4.78, 5) is 18.8. The number of rotatable bonds is 6. The number of para-hydroxylation sites is 1. The number of fused-ring (bicyclic) bond motifs is 1. The molecule has 0 aliphatic heterocycles. The van der Waals surface area contributed by atoms with Gasteiger partial charge < -0.3 is 14.4 Å². The van der Waals surface area contributed by atoms with Gasteiger partial charge in [0.2, 0.25) is 0 Å². The van der Waals surface area contributed by atoms with Crippen molar-refractivity contribution in [2.75, 3.05) is 14.2 Å². The lowest BCUT2D eigenvalue weighted by Crippen LogP contribution is -2.37. The lowest BCUT2D eigenvalue weighted by atomic mass is 10.3. The Balaban J connectivity index is 1.62. The zero-order valence-corrected chi connectivity index (χ0v) is 15.2. The molecule has 3 rings (SSSR count). The molecular formula is C19H20N2O3S. The number of amides is 1. The van der Waals surface area contributed by atoms with E-state index in [1.54, 1.807) is 61.6 Å². The van der Waals surface area contributed by atoms with Crippen LogP contribution in [0.3, 0.4) is 0 Å². The van der Waals surface area contributed by atoms with Gasteiger partial charge >= 0.3 is 0 Å². The number of carbonyl (C=O) groups is 1. The van der Waals surface area contributed by atoms with Crippen molar-refractivity contribution in [1.82, 2.24) is 9.88 Å². The van der Waals surface area contributed by atoms with Crippen LogP contribution < -0.4 is 9.47 Å². The van der Waals surface area contributed by atoms with Crippen molar-refractivity contribution < 1.29 is 14.3 Å². The Morgan fingerprint density at radius 3 is 2.52 bits per heavy atom. The van der Waals surface area contributed by atoms with Crippen molar-refractivity contribution in [3.63, 3.8) is 0 Å². The molecule has 3 aromatic rings. The number of methoxy groups -OCH3 is 1. The van der Waals surface area contributed by atoms with Gasteiger partial charge in [-0.05, 0) is 43.3 Å². The molecule has 1 aromatic heterocycles. The van der Waals surface area contributed by atoms with Crippen molar-refractivity contribution >= 4 is 27.5 Å². The normalized spacial score (nSPS) is 12.0. The topological polar surface area (TPSA) is 51.7 Å². The van der Waals surface area contributed by atoms with Crippen LogP contribution in [-0.4, -0.2) is 36.1 Å². The third kappa shape index (κ3) is 4.09. The maximum atomic E-state index is 12.5. The van der Waals surface area contributed by atoms with E-state index in [0.29, 0.717) is 12.3 Å². The molecule has 0 radical (unpaired) electrons. The van der Waals surface area contributed by atoms with Crippen LogP contribution in [0.25, 0.3) is 10.2 Å². The van der Waals surface area contributed by atoms with Crippen LogP contribution in [-0.2, 0) is 11.3 Å². The summed E-state index contributed by atoms with van der Waals surface area (Å²) in [6.07, 6.45) is -0.576. The van der Waals surface area contributed by atoms with Crippen LogP contribution in [0.4, 0.5) is 0 Å². The second-order valence-corrected chi connectivity index (χ2v) is 6.82. The summed E-state index contributed by atoms with van der Waals surface area (Å²) < 4.78 is 12.0. The number of thiazole rings is 1. The number of carbonyl (C=O) groups excluding carboxylic acids is 1. The first-order valence-electron chi connectivity index (χ1n) is 7.97. The number of aromatic nitrogens is 1. The van der Waals surface area contributed by atoms with Crippen molar-refractivity contribution in [1.29, 1.82) is 0 Å². The summed E-state index contributed by atoms with van der Waals surface area (Å²) in [5.74, 6) is 1.30. The Kier molecular flexibility index (Phi) is 5.19. The number of ether oxygens (including phenoxy) is 2. The predicted molar refractivity (Wildman–Crippen MR) is 99.2 cm³/mol. The lowest BCUT2D eigenvalue weighted by molar-refractivity contribution is -0.137. The van der Waals surface area contributed by atoms with Crippen LogP contribution in [0.15, 0.2) is 48.5 Å². The Morgan fingerprint density at radius 2 is 1.84 bits per heavy atom. The van der Waals surface area contributed by atoms with Gasteiger partial charge in [-0.25, -0.2) is 4.98 Å². The molecule has 1 unspecified atom stereocenters. The van der Waals surface area contributed by atoms with Crippen LogP contribution in [0.1, 0.15) is 11.9 Å². The van der Waals surface area contributed by atoms with E-state index in [2.05, 4.69) is 4.98 Å². The van der Waals surface area contributed by atoms with Gasteiger partial charge in [0.25, 0.3) is 5.91 Å². The summed E-state index contributed by atoms with van der Waals surface area (Å²) in [5.41, 5.74) is 0.964. The van der Waals surface area contributed by atoms with E-state index >= 15 is 0 Å². The number of hydrogen-bond donors (Lipinski definition) is 0. The van der Waals surface area contributed by atoms with E-state index < -0.39 is 6.10 Å². The van der Waals surface area contributed by atoms with Gasteiger partial charge in [0.05, 0.1) is 23.9 Å². The Hall–Kier alpha value is -2.60. The second kappa shape index (κ2) is 7.53. The smallest absolute Gasteiger partial charge is 0.263 e. The lowest BCUT2D eigenvalue weighted by Gasteiger charge is -2.21. The van der Waals surface area contributed by atoms with Crippen molar-refractivity contribution in [2.24, 2.45) is 0 Å². The first kappa shape index (κ1) is 17.2. The van der Waals surface area contributed by atoms with Crippen molar-refractivity contribution in [2.45, 2.75) is 19.6 Å². The van der Waals surface area contributed by atoms with E-state index in [-0.39, 0.29) is 5.91 Å².